The Kier molecular flexibility index (Phi) is 4.57. The van der Waals surface area contributed by atoms with E-state index in [2.05, 4.69) is 20.3 Å². The van der Waals surface area contributed by atoms with Crippen LogP contribution >= 0.6 is 11.3 Å². The van der Waals surface area contributed by atoms with Gasteiger partial charge in [0.1, 0.15) is 11.7 Å². The number of hydrogen-bond acceptors (Lipinski definition) is 6. The van der Waals surface area contributed by atoms with Gasteiger partial charge in [0.05, 0.1) is 0 Å². The van der Waals surface area contributed by atoms with Gasteiger partial charge in [0.15, 0.2) is 10.8 Å². The van der Waals surface area contributed by atoms with Crippen molar-refractivity contribution in [3.8, 4) is 10.8 Å². The van der Waals surface area contributed by atoms with Crippen molar-refractivity contribution in [1.29, 1.82) is 0 Å². The van der Waals surface area contributed by atoms with Gasteiger partial charge in [0.2, 0.25) is 5.91 Å². The third-order valence-electron chi connectivity index (χ3n) is 3.19. The highest BCUT2D eigenvalue weighted by Crippen LogP contribution is 2.20. The minimum Gasteiger partial charge on any atom is -0.368 e. The third kappa shape index (κ3) is 3.44. The maximum absolute atomic E-state index is 12.4. The Bertz CT molecular complexity index is 851. The Morgan fingerprint density at radius 1 is 1.08 bits per heavy atom. The van der Waals surface area contributed by atoms with Crippen molar-refractivity contribution in [2.75, 3.05) is 0 Å². The lowest BCUT2D eigenvalue weighted by Crippen LogP contribution is -2.37. The van der Waals surface area contributed by atoms with Gasteiger partial charge in [-0.25, -0.2) is 15.0 Å². The number of hydrogen-bond donors (Lipinski definition) is 2. The van der Waals surface area contributed by atoms with E-state index < -0.39 is 17.9 Å². The number of carbonyl (C=O) groups is 2. The highest BCUT2D eigenvalue weighted by atomic mass is 32.1. The molecule has 2 aromatic heterocycles. The number of nitrogens with two attached hydrogens (primary N) is 1. The van der Waals surface area contributed by atoms with Gasteiger partial charge in [0, 0.05) is 17.8 Å². The van der Waals surface area contributed by atoms with Crippen LogP contribution in [0.5, 0.6) is 0 Å². The number of primary amides is 1. The van der Waals surface area contributed by atoms with Crippen LogP contribution in [-0.2, 0) is 4.79 Å². The summed E-state index contributed by atoms with van der Waals surface area (Å²) in [5.74, 6) is -0.687. The first-order valence-corrected chi connectivity index (χ1v) is 7.91. The fourth-order valence-electron chi connectivity index (χ4n) is 2.06. The quantitative estimate of drug-likeness (QED) is 0.733. The summed E-state index contributed by atoms with van der Waals surface area (Å²) in [7, 11) is 0. The molecule has 0 aliphatic carbocycles. The van der Waals surface area contributed by atoms with Gasteiger partial charge in [0.25, 0.3) is 5.91 Å². The van der Waals surface area contributed by atoms with Crippen molar-refractivity contribution in [3.05, 3.63) is 65.4 Å². The van der Waals surface area contributed by atoms with Gasteiger partial charge < -0.3 is 11.1 Å². The lowest BCUT2D eigenvalue weighted by molar-refractivity contribution is -0.120. The van der Waals surface area contributed by atoms with Crippen molar-refractivity contribution in [1.82, 2.24) is 20.3 Å². The molecule has 0 spiro atoms. The van der Waals surface area contributed by atoms with E-state index in [9.17, 15) is 9.59 Å². The second-order valence-corrected chi connectivity index (χ2v) is 5.69. The number of benzene rings is 1. The topological polar surface area (TPSA) is 111 Å². The van der Waals surface area contributed by atoms with Crippen LogP contribution in [0, 0.1) is 0 Å². The van der Waals surface area contributed by atoms with Gasteiger partial charge in [-0.15, -0.1) is 11.3 Å². The highest BCUT2D eigenvalue weighted by molar-refractivity contribution is 7.13. The lowest BCUT2D eigenvalue weighted by Gasteiger charge is -2.14. The van der Waals surface area contributed by atoms with E-state index in [0.717, 1.165) is 0 Å². The molecule has 0 radical (unpaired) electrons. The SMILES string of the molecule is NC(=O)C(NC(=O)c1csc(-c2ncccn2)n1)c1ccccc1. The molecular weight excluding hydrogens is 326 g/mol. The number of nitrogens with zero attached hydrogens (tertiary/aromatic N) is 3. The molecule has 7 nitrogen and oxygen atoms in total. The maximum atomic E-state index is 12.4. The Morgan fingerprint density at radius 3 is 2.46 bits per heavy atom. The number of aromatic nitrogens is 3. The van der Waals surface area contributed by atoms with Crippen LogP contribution in [0.3, 0.4) is 0 Å². The normalized spacial score (nSPS) is 11.7. The van der Waals surface area contributed by atoms with E-state index in [4.69, 9.17) is 5.73 Å². The van der Waals surface area contributed by atoms with Crippen molar-refractivity contribution in [2.24, 2.45) is 5.73 Å². The van der Waals surface area contributed by atoms with Crippen LogP contribution in [-0.4, -0.2) is 26.8 Å². The average molecular weight is 339 g/mol. The second-order valence-electron chi connectivity index (χ2n) is 4.83. The molecule has 0 saturated heterocycles. The third-order valence-corrected chi connectivity index (χ3v) is 4.02. The van der Waals surface area contributed by atoms with E-state index in [1.807, 2.05) is 6.07 Å². The lowest BCUT2D eigenvalue weighted by atomic mass is 10.1. The Hall–Kier alpha value is -3.13. The molecule has 3 N–H and O–H groups in total. The summed E-state index contributed by atoms with van der Waals surface area (Å²) in [6.07, 6.45) is 3.20. The standard InChI is InChI=1S/C16H13N5O2S/c17-13(22)12(10-5-2-1-3-6-10)21-15(23)11-9-24-16(20-11)14-18-7-4-8-19-14/h1-9,12H,(H2,17,22)(H,21,23). The van der Waals surface area contributed by atoms with E-state index in [1.54, 1.807) is 48.1 Å². The van der Waals surface area contributed by atoms with Gasteiger partial charge >= 0.3 is 0 Å². The predicted molar refractivity (Wildman–Crippen MR) is 89.0 cm³/mol. The molecule has 0 saturated carbocycles. The Labute approximate surface area is 141 Å². The fourth-order valence-corrected chi connectivity index (χ4v) is 2.80. The fraction of sp³-hybridized carbons (Fsp3) is 0.0625. The molecule has 3 rings (SSSR count). The summed E-state index contributed by atoms with van der Waals surface area (Å²) >= 11 is 1.25. The van der Waals surface area contributed by atoms with Crippen molar-refractivity contribution in [3.63, 3.8) is 0 Å². The van der Waals surface area contributed by atoms with Crippen LogP contribution in [0.15, 0.2) is 54.2 Å². The Balaban J connectivity index is 1.79. The van der Waals surface area contributed by atoms with Crippen LogP contribution in [0.1, 0.15) is 22.1 Å². The zero-order valence-electron chi connectivity index (χ0n) is 12.4. The Morgan fingerprint density at radius 2 is 1.79 bits per heavy atom. The molecular formula is C16H13N5O2S. The van der Waals surface area contributed by atoms with Gasteiger partial charge in [-0.1, -0.05) is 30.3 Å². The van der Waals surface area contributed by atoms with Crippen molar-refractivity contribution >= 4 is 23.2 Å². The van der Waals surface area contributed by atoms with E-state index >= 15 is 0 Å². The molecule has 0 aliphatic heterocycles. The number of rotatable bonds is 5. The van der Waals surface area contributed by atoms with Gasteiger partial charge in [-0.3, -0.25) is 9.59 Å². The summed E-state index contributed by atoms with van der Waals surface area (Å²) in [5, 5.41) is 4.72. The van der Waals surface area contributed by atoms with E-state index in [-0.39, 0.29) is 5.69 Å². The van der Waals surface area contributed by atoms with Crippen molar-refractivity contribution < 1.29 is 9.59 Å². The van der Waals surface area contributed by atoms with Gasteiger partial charge in [-0.2, -0.15) is 0 Å². The average Bonchev–Trinajstić information content (AvgIpc) is 3.11. The monoisotopic (exact) mass is 339 g/mol. The highest BCUT2D eigenvalue weighted by Gasteiger charge is 2.22. The van der Waals surface area contributed by atoms with E-state index in [1.165, 1.54) is 11.3 Å². The summed E-state index contributed by atoms with van der Waals surface area (Å²) in [5.41, 5.74) is 6.20. The van der Waals surface area contributed by atoms with Crippen LogP contribution in [0.2, 0.25) is 0 Å². The molecule has 120 valence electrons. The molecule has 1 unspecified atom stereocenters. The number of thiazole rings is 1. The predicted octanol–water partition coefficient (Wildman–Crippen LogP) is 1.56. The molecule has 2 heterocycles. The molecule has 0 fully saturated rings. The van der Waals surface area contributed by atoms with Gasteiger partial charge in [-0.05, 0) is 11.6 Å². The largest absolute Gasteiger partial charge is 0.368 e. The molecule has 0 aliphatic rings. The molecule has 2 amide bonds. The number of carbonyl (C=O) groups excluding carboxylic acids is 2. The molecule has 1 aromatic carbocycles. The number of amides is 2. The first-order valence-electron chi connectivity index (χ1n) is 7.03. The second kappa shape index (κ2) is 6.97. The zero-order valence-corrected chi connectivity index (χ0v) is 13.2. The summed E-state index contributed by atoms with van der Waals surface area (Å²) in [4.78, 5) is 36.4. The molecule has 0 bridgehead atoms. The molecule has 24 heavy (non-hydrogen) atoms. The van der Waals surface area contributed by atoms with E-state index in [0.29, 0.717) is 16.4 Å². The minimum atomic E-state index is -0.920. The number of nitrogens with one attached hydrogen (secondary N) is 1. The minimum absolute atomic E-state index is 0.185. The summed E-state index contributed by atoms with van der Waals surface area (Å²) in [6, 6.07) is 9.57. The summed E-state index contributed by atoms with van der Waals surface area (Å²) < 4.78 is 0. The first-order chi connectivity index (χ1) is 11.6. The first kappa shape index (κ1) is 15.8. The smallest absolute Gasteiger partial charge is 0.271 e. The molecule has 8 heteroatoms. The summed E-state index contributed by atoms with van der Waals surface area (Å²) in [6.45, 7) is 0. The van der Waals surface area contributed by atoms with Crippen LogP contribution in [0.4, 0.5) is 0 Å². The molecule has 1 atom stereocenters. The van der Waals surface area contributed by atoms with Crippen molar-refractivity contribution in [2.45, 2.75) is 6.04 Å². The maximum Gasteiger partial charge on any atom is 0.271 e. The van der Waals surface area contributed by atoms with Crippen LogP contribution < -0.4 is 11.1 Å². The zero-order chi connectivity index (χ0) is 16.9. The molecule has 3 aromatic rings. The van der Waals surface area contributed by atoms with Crippen LogP contribution in [0.25, 0.3) is 10.8 Å².